The summed E-state index contributed by atoms with van der Waals surface area (Å²) in [4.78, 5) is 0. The van der Waals surface area contributed by atoms with E-state index in [0.29, 0.717) is 25.6 Å². The van der Waals surface area contributed by atoms with Crippen molar-refractivity contribution in [1.29, 1.82) is 0 Å². The topological polar surface area (TPSA) is 61.4 Å². The minimum atomic E-state index is -3.81. The van der Waals surface area contributed by atoms with E-state index >= 15 is 0 Å². The Hall–Kier alpha value is -1.25. The first-order chi connectivity index (χ1) is 8.85. The second-order valence-corrected chi connectivity index (χ2v) is 5.82. The Bertz CT molecular complexity index is 502. The van der Waals surface area contributed by atoms with Crippen LogP contribution in [0.3, 0.4) is 0 Å². The lowest BCUT2D eigenvalue weighted by Crippen LogP contribution is -2.34. The van der Waals surface area contributed by atoms with E-state index in [1.54, 1.807) is 7.05 Å². The third kappa shape index (κ3) is 5.09. The van der Waals surface area contributed by atoms with Gasteiger partial charge in [-0.05, 0) is 32.1 Å². The Morgan fingerprint density at radius 2 is 1.79 bits per heavy atom. The van der Waals surface area contributed by atoms with Gasteiger partial charge < -0.3 is 5.32 Å². The highest BCUT2D eigenvalue weighted by molar-refractivity contribution is 7.90. The maximum absolute atomic E-state index is 13.0. The quantitative estimate of drug-likeness (QED) is 0.742. The molecular formula is C11H17F2N3O2S. The molecule has 8 heteroatoms. The molecule has 0 heterocycles. The zero-order valence-electron chi connectivity index (χ0n) is 10.8. The van der Waals surface area contributed by atoms with Gasteiger partial charge in [-0.25, -0.2) is 8.78 Å². The molecule has 1 rings (SSSR count). The normalized spacial score (nSPS) is 11.8. The van der Waals surface area contributed by atoms with Crippen molar-refractivity contribution < 1.29 is 17.2 Å². The van der Waals surface area contributed by atoms with Crippen LogP contribution < -0.4 is 10.0 Å². The van der Waals surface area contributed by atoms with Crippen LogP contribution in [-0.2, 0) is 10.2 Å². The number of benzene rings is 1. The van der Waals surface area contributed by atoms with Crippen LogP contribution in [0.1, 0.15) is 6.42 Å². The van der Waals surface area contributed by atoms with Crippen molar-refractivity contribution in [3.05, 3.63) is 29.8 Å². The molecule has 0 radical (unpaired) electrons. The van der Waals surface area contributed by atoms with Gasteiger partial charge in [0.2, 0.25) is 0 Å². The molecule has 0 aliphatic rings. The standard InChI is InChI=1S/C11H17F2N3O2S/c1-14-4-3-5-16(2)19(17,18)15-11-7-9(12)6-10(13)8-11/h6-8,14-15H,3-5H2,1-2H3. The van der Waals surface area contributed by atoms with E-state index in [4.69, 9.17) is 0 Å². The van der Waals surface area contributed by atoms with E-state index in [1.165, 1.54) is 7.05 Å². The minimum Gasteiger partial charge on any atom is -0.320 e. The molecule has 19 heavy (non-hydrogen) atoms. The smallest absolute Gasteiger partial charge is 0.301 e. The largest absolute Gasteiger partial charge is 0.320 e. The fourth-order valence-electron chi connectivity index (χ4n) is 1.44. The number of hydrogen-bond donors (Lipinski definition) is 2. The van der Waals surface area contributed by atoms with E-state index in [-0.39, 0.29) is 5.69 Å². The molecule has 108 valence electrons. The highest BCUT2D eigenvalue weighted by atomic mass is 32.2. The van der Waals surface area contributed by atoms with E-state index < -0.39 is 21.8 Å². The van der Waals surface area contributed by atoms with E-state index in [0.717, 1.165) is 16.4 Å². The predicted octanol–water partition coefficient (Wildman–Crippen LogP) is 1.16. The van der Waals surface area contributed by atoms with Gasteiger partial charge in [0.1, 0.15) is 11.6 Å². The van der Waals surface area contributed by atoms with Crippen LogP contribution in [0.4, 0.5) is 14.5 Å². The summed E-state index contributed by atoms with van der Waals surface area (Å²) in [6.07, 6.45) is 0.630. The van der Waals surface area contributed by atoms with Crippen LogP contribution in [0.2, 0.25) is 0 Å². The van der Waals surface area contributed by atoms with Crippen LogP contribution in [0.15, 0.2) is 18.2 Å². The molecule has 0 saturated heterocycles. The van der Waals surface area contributed by atoms with Gasteiger partial charge in [-0.3, -0.25) is 4.72 Å². The van der Waals surface area contributed by atoms with Gasteiger partial charge in [0.15, 0.2) is 0 Å². The zero-order valence-corrected chi connectivity index (χ0v) is 11.6. The molecule has 2 N–H and O–H groups in total. The average molecular weight is 293 g/mol. The number of nitrogens with zero attached hydrogens (tertiary/aromatic N) is 1. The van der Waals surface area contributed by atoms with Crippen molar-refractivity contribution in [3.63, 3.8) is 0 Å². The highest BCUT2D eigenvalue weighted by Crippen LogP contribution is 2.15. The van der Waals surface area contributed by atoms with Gasteiger partial charge in [0.25, 0.3) is 0 Å². The SMILES string of the molecule is CNCCCN(C)S(=O)(=O)Nc1cc(F)cc(F)c1. The van der Waals surface area contributed by atoms with Gasteiger partial charge in [0, 0.05) is 19.7 Å². The lowest BCUT2D eigenvalue weighted by atomic mass is 10.3. The van der Waals surface area contributed by atoms with E-state index in [2.05, 4.69) is 10.0 Å². The first kappa shape index (κ1) is 15.8. The monoisotopic (exact) mass is 293 g/mol. The maximum Gasteiger partial charge on any atom is 0.301 e. The summed E-state index contributed by atoms with van der Waals surface area (Å²) in [5, 5.41) is 2.90. The predicted molar refractivity (Wildman–Crippen MR) is 70.1 cm³/mol. The van der Waals surface area contributed by atoms with Gasteiger partial charge >= 0.3 is 10.2 Å². The second kappa shape index (κ2) is 6.78. The lowest BCUT2D eigenvalue weighted by Gasteiger charge is -2.18. The molecule has 0 aliphatic carbocycles. The van der Waals surface area contributed by atoms with Crippen LogP contribution >= 0.6 is 0 Å². The molecule has 0 spiro atoms. The molecule has 1 aromatic carbocycles. The van der Waals surface area contributed by atoms with Crippen molar-refractivity contribution in [2.24, 2.45) is 0 Å². The summed E-state index contributed by atoms with van der Waals surface area (Å²) < 4.78 is 52.9. The minimum absolute atomic E-state index is 0.141. The molecule has 0 fully saturated rings. The molecule has 0 aliphatic heterocycles. The van der Waals surface area contributed by atoms with Crippen LogP contribution in [-0.4, -0.2) is 39.9 Å². The van der Waals surface area contributed by atoms with Gasteiger partial charge in [-0.15, -0.1) is 0 Å². The number of rotatable bonds is 7. The molecule has 0 amide bonds. The van der Waals surface area contributed by atoms with Gasteiger partial charge in [-0.2, -0.15) is 12.7 Å². The molecule has 0 saturated carbocycles. The first-order valence-corrected chi connectivity index (χ1v) is 7.14. The summed E-state index contributed by atoms with van der Waals surface area (Å²) in [7, 11) is -0.642. The molecule has 0 bridgehead atoms. The Balaban J connectivity index is 2.72. The molecule has 5 nitrogen and oxygen atoms in total. The number of anilines is 1. The Morgan fingerprint density at radius 3 is 2.32 bits per heavy atom. The van der Waals surface area contributed by atoms with Crippen LogP contribution in [0.25, 0.3) is 0 Å². The summed E-state index contributed by atoms with van der Waals surface area (Å²) in [5.74, 6) is -1.67. The Kier molecular flexibility index (Phi) is 5.64. The summed E-state index contributed by atoms with van der Waals surface area (Å²) >= 11 is 0. The van der Waals surface area contributed by atoms with Crippen molar-refractivity contribution >= 4 is 15.9 Å². The molecule has 0 unspecified atom stereocenters. The molecular weight excluding hydrogens is 276 g/mol. The molecule has 1 aromatic rings. The third-order valence-electron chi connectivity index (χ3n) is 2.42. The van der Waals surface area contributed by atoms with Crippen LogP contribution in [0.5, 0.6) is 0 Å². The Morgan fingerprint density at radius 1 is 1.21 bits per heavy atom. The molecule has 0 atom stereocenters. The summed E-state index contributed by atoms with van der Waals surface area (Å²) in [6, 6.07) is 2.51. The summed E-state index contributed by atoms with van der Waals surface area (Å²) in [6.45, 7) is 0.975. The summed E-state index contributed by atoms with van der Waals surface area (Å²) in [5.41, 5.74) is -0.141. The van der Waals surface area contributed by atoms with E-state index in [1.807, 2.05) is 0 Å². The molecule has 0 aromatic heterocycles. The zero-order chi connectivity index (χ0) is 14.5. The lowest BCUT2D eigenvalue weighted by molar-refractivity contribution is 0.462. The van der Waals surface area contributed by atoms with Crippen molar-refractivity contribution in [3.8, 4) is 0 Å². The number of nitrogens with one attached hydrogen (secondary N) is 2. The van der Waals surface area contributed by atoms with Crippen LogP contribution in [0, 0.1) is 11.6 Å². The third-order valence-corrected chi connectivity index (χ3v) is 3.92. The van der Waals surface area contributed by atoms with Crippen molar-refractivity contribution in [2.45, 2.75) is 6.42 Å². The highest BCUT2D eigenvalue weighted by Gasteiger charge is 2.17. The number of halogens is 2. The van der Waals surface area contributed by atoms with E-state index in [9.17, 15) is 17.2 Å². The second-order valence-electron chi connectivity index (χ2n) is 4.04. The Labute approximate surface area is 111 Å². The first-order valence-electron chi connectivity index (χ1n) is 5.70. The fourth-order valence-corrected chi connectivity index (χ4v) is 2.38. The van der Waals surface area contributed by atoms with Crippen molar-refractivity contribution in [2.75, 3.05) is 31.9 Å². The van der Waals surface area contributed by atoms with Crippen molar-refractivity contribution in [1.82, 2.24) is 9.62 Å². The average Bonchev–Trinajstić information content (AvgIpc) is 2.26. The van der Waals surface area contributed by atoms with Gasteiger partial charge in [0.05, 0.1) is 5.69 Å². The fraction of sp³-hybridized carbons (Fsp3) is 0.455. The number of hydrogen-bond acceptors (Lipinski definition) is 3. The van der Waals surface area contributed by atoms with Gasteiger partial charge in [-0.1, -0.05) is 0 Å². The maximum atomic E-state index is 13.0.